The van der Waals surface area contributed by atoms with Crippen LogP contribution in [-0.2, 0) is 4.74 Å². The molecule has 0 aromatic heterocycles. The van der Waals surface area contributed by atoms with Crippen molar-refractivity contribution in [2.75, 3.05) is 18.5 Å². The molecule has 1 N–H and O–H groups in total. The first-order valence-corrected chi connectivity index (χ1v) is 6.68. The van der Waals surface area contributed by atoms with E-state index in [1.807, 2.05) is 0 Å². The summed E-state index contributed by atoms with van der Waals surface area (Å²) in [6.07, 6.45) is 5.41. The van der Waals surface area contributed by atoms with E-state index in [-0.39, 0.29) is 0 Å². The number of benzene rings is 1. The van der Waals surface area contributed by atoms with E-state index in [1.165, 1.54) is 42.5 Å². The second-order valence-electron chi connectivity index (χ2n) is 5.08. The third kappa shape index (κ3) is 4.04. The highest BCUT2D eigenvalue weighted by atomic mass is 16.5. The Morgan fingerprint density at radius 3 is 2.65 bits per heavy atom. The molecule has 0 saturated carbocycles. The first-order valence-electron chi connectivity index (χ1n) is 6.68. The summed E-state index contributed by atoms with van der Waals surface area (Å²) >= 11 is 0. The maximum absolute atomic E-state index is 5.62. The molecule has 2 nitrogen and oxygen atoms in total. The second kappa shape index (κ2) is 6.06. The molecule has 0 amide bonds. The van der Waals surface area contributed by atoms with Gasteiger partial charge in [0.05, 0.1) is 6.10 Å². The van der Waals surface area contributed by atoms with Gasteiger partial charge in [0, 0.05) is 18.8 Å². The molecule has 94 valence electrons. The minimum absolute atomic E-state index is 0.524. The van der Waals surface area contributed by atoms with Crippen molar-refractivity contribution in [3.63, 3.8) is 0 Å². The zero-order valence-electron chi connectivity index (χ0n) is 11.0. The van der Waals surface area contributed by atoms with Crippen molar-refractivity contribution in [2.45, 2.75) is 45.6 Å². The summed E-state index contributed by atoms with van der Waals surface area (Å²) < 4.78 is 5.62. The summed E-state index contributed by atoms with van der Waals surface area (Å²) in [4.78, 5) is 0. The lowest BCUT2D eigenvalue weighted by Crippen LogP contribution is -2.09. The van der Waals surface area contributed by atoms with Crippen LogP contribution < -0.4 is 5.32 Å². The van der Waals surface area contributed by atoms with Crippen molar-refractivity contribution >= 4 is 5.69 Å². The number of hydrogen-bond donors (Lipinski definition) is 1. The summed E-state index contributed by atoms with van der Waals surface area (Å²) in [6, 6.07) is 6.62. The van der Waals surface area contributed by atoms with Gasteiger partial charge >= 0.3 is 0 Å². The molecule has 1 atom stereocenters. The van der Waals surface area contributed by atoms with E-state index in [4.69, 9.17) is 4.74 Å². The molecule has 1 unspecified atom stereocenters. The van der Waals surface area contributed by atoms with Gasteiger partial charge in [0.1, 0.15) is 0 Å². The van der Waals surface area contributed by atoms with Gasteiger partial charge in [-0.25, -0.2) is 0 Å². The van der Waals surface area contributed by atoms with Crippen LogP contribution in [0.25, 0.3) is 0 Å². The van der Waals surface area contributed by atoms with Crippen molar-refractivity contribution < 1.29 is 4.74 Å². The molecule has 2 heteroatoms. The van der Waals surface area contributed by atoms with Crippen LogP contribution in [0.15, 0.2) is 18.2 Å². The van der Waals surface area contributed by atoms with Crippen LogP contribution >= 0.6 is 0 Å². The van der Waals surface area contributed by atoms with E-state index < -0.39 is 0 Å². The largest absolute Gasteiger partial charge is 0.385 e. The van der Waals surface area contributed by atoms with E-state index in [0.29, 0.717) is 6.10 Å². The molecule has 1 aromatic rings. The molecule has 1 fully saturated rings. The molecule has 1 aromatic carbocycles. The van der Waals surface area contributed by atoms with E-state index in [9.17, 15) is 0 Å². The van der Waals surface area contributed by atoms with Crippen LogP contribution in [0, 0.1) is 13.8 Å². The Bertz CT molecular complexity index is 336. The van der Waals surface area contributed by atoms with Crippen LogP contribution in [0.2, 0.25) is 0 Å². The van der Waals surface area contributed by atoms with Crippen LogP contribution in [0.4, 0.5) is 5.69 Å². The number of anilines is 1. The van der Waals surface area contributed by atoms with Crippen molar-refractivity contribution in [2.24, 2.45) is 0 Å². The van der Waals surface area contributed by atoms with Crippen LogP contribution in [0.3, 0.4) is 0 Å². The highest BCUT2D eigenvalue weighted by Gasteiger charge is 2.14. The SMILES string of the molecule is Cc1cc(C)cc(NCCCC2CCCO2)c1. The number of hydrogen-bond acceptors (Lipinski definition) is 2. The molecule has 1 heterocycles. The predicted molar refractivity (Wildman–Crippen MR) is 72.6 cm³/mol. The lowest BCUT2D eigenvalue weighted by atomic mass is 10.1. The molecule has 0 bridgehead atoms. The third-order valence-corrected chi connectivity index (χ3v) is 3.28. The maximum atomic E-state index is 5.62. The van der Waals surface area contributed by atoms with Crippen LogP contribution in [0.5, 0.6) is 0 Å². The van der Waals surface area contributed by atoms with Gasteiger partial charge in [0.2, 0.25) is 0 Å². The van der Waals surface area contributed by atoms with Crippen molar-refractivity contribution in [1.29, 1.82) is 0 Å². The van der Waals surface area contributed by atoms with Crippen molar-refractivity contribution in [1.82, 2.24) is 0 Å². The normalized spacial score (nSPS) is 19.5. The summed E-state index contributed by atoms with van der Waals surface area (Å²) in [5, 5.41) is 3.49. The molecule has 1 aliphatic heterocycles. The maximum Gasteiger partial charge on any atom is 0.0576 e. The van der Waals surface area contributed by atoms with Gasteiger partial charge in [-0.1, -0.05) is 6.07 Å². The fraction of sp³-hybridized carbons (Fsp3) is 0.600. The molecule has 1 aliphatic rings. The highest BCUT2D eigenvalue weighted by Crippen LogP contribution is 2.17. The molecular weight excluding hydrogens is 210 g/mol. The van der Waals surface area contributed by atoms with Crippen LogP contribution in [-0.4, -0.2) is 19.3 Å². The smallest absolute Gasteiger partial charge is 0.0576 e. The van der Waals surface area contributed by atoms with Crippen LogP contribution in [0.1, 0.15) is 36.8 Å². The van der Waals surface area contributed by atoms with E-state index in [1.54, 1.807) is 0 Å². The molecule has 2 rings (SSSR count). The van der Waals surface area contributed by atoms with Crippen molar-refractivity contribution in [3.05, 3.63) is 29.3 Å². The average molecular weight is 233 g/mol. The Hall–Kier alpha value is -1.02. The Morgan fingerprint density at radius 1 is 1.24 bits per heavy atom. The van der Waals surface area contributed by atoms with Gasteiger partial charge in [-0.05, 0) is 62.8 Å². The summed E-state index contributed by atoms with van der Waals surface area (Å²) in [5.41, 5.74) is 3.90. The van der Waals surface area contributed by atoms with Crippen molar-refractivity contribution in [3.8, 4) is 0 Å². The Labute approximate surface area is 104 Å². The zero-order valence-corrected chi connectivity index (χ0v) is 11.0. The van der Waals surface area contributed by atoms with Gasteiger partial charge < -0.3 is 10.1 Å². The molecule has 0 radical (unpaired) electrons. The fourth-order valence-electron chi connectivity index (χ4n) is 2.51. The highest BCUT2D eigenvalue weighted by molar-refractivity contribution is 5.48. The number of rotatable bonds is 5. The molecular formula is C15H23NO. The minimum atomic E-state index is 0.524. The van der Waals surface area contributed by atoms with Gasteiger partial charge in [0.15, 0.2) is 0 Å². The third-order valence-electron chi connectivity index (χ3n) is 3.28. The number of aryl methyl sites for hydroxylation is 2. The molecule has 0 spiro atoms. The van der Waals surface area contributed by atoms with Gasteiger partial charge in [-0.3, -0.25) is 0 Å². The standard InChI is InChI=1S/C15H23NO/c1-12-9-13(2)11-14(10-12)16-7-3-5-15-6-4-8-17-15/h9-11,15-16H,3-8H2,1-2H3. The lowest BCUT2D eigenvalue weighted by Gasteiger charge is -2.11. The molecule has 0 aliphatic carbocycles. The number of nitrogens with one attached hydrogen (secondary N) is 1. The monoisotopic (exact) mass is 233 g/mol. The minimum Gasteiger partial charge on any atom is -0.385 e. The molecule has 1 saturated heterocycles. The first kappa shape index (κ1) is 12.4. The van der Waals surface area contributed by atoms with E-state index in [2.05, 4.69) is 37.4 Å². The Balaban J connectivity index is 1.70. The van der Waals surface area contributed by atoms with Gasteiger partial charge in [-0.2, -0.15) is 0 Å². The Kier molecular flexibility index (Phi) is 4.43. The van der Waals surface area contributed by atoms with E-state index in [0.717, 1.165) is 13.2 Å². The van der Waals surface area contributed by atoms with E-state index >= 15 is 0 Å². The quantitative estimate of drug-likeness (QED) is 0.783. The lowest BCUT2D eigenvalue weighted by molar-refractivity contribution is 0.103. The second-order valence-corrected chi connectivity index (χ2v) is 5.08. The summed E-state index contributed by atoms with van der Waals surface area (Å²) in [6.45, 7) is 6.30. The first-order chi connectivity index (χ1) is 8.24. The average Bonchev–Trinajstić information content (AvgIpc) is 2.76. The topological polar surface area (TPSA) is 21.3 Å². The fourth-order valence-corrected chi connectivity index (χ4v) is 2.51. The summed E-state index contributed by atoms with van der Waals surface area (Å²) in [5.74, 6) is 0. The summed E-state index contributed by atoms with van der Waals surface area (Å²) in [7, 11) is 0. The number of ether oxygens (including phenoxy) is 1. The Morgan fingerprint density at radius 2 is 2.00 bits per heavy atom. The van der Waals surface area contributed by atoms with Gasteiger partial charge in [-0.15, -0.1) is 0 Å². The van der Waals surface area contributed by atoms with Gasteiger partial charge in [0.25, 0.3) is 0 Å². The zero-order chi connectivity index (χ0) is 12.1. The predicted octanol–water partition coefficient (Wildman–Crippen LogP) is 3.67. The molecule has 17 heavy (non-hydrogen) atoms.